The maximum Gasteiger partial charge on any atom is 0.410 e. The smallest absolute Gasteiger partial charge is 0.410 e. The fourth-order valence-corrected chi connectivity index (χ4v) is 3.76. The van der Waals surface area contributed by atoms with E-state index in [1.165, 1.54) is 4.90 Å². The lowest BCUT2D eigenvalue weighted by Crippen LogP contribution is -2.36. The highest BCUT2D eigenvalue weighted by Crippen LogP contribution is 2.08. The lowest BCUT2D eigenvalue weighted by Gasteiger charge is -2.24. The molecule has 0 heterocycles. The Bertz CT molecular complexity index is 821. The standard InChI is InChI=1S/C37H73NO17/c1-6-54-35(39)7-9-41-11-13-43-15-17-45-19-21-47-23-25-49-27-29-51-31-33-53-34-32-52-30-28-50-26-24-48-22-20-46-18-16-44-14-12-42-10-8-38(5)36(40)55-37(2,3)4/h6-34H2,1-5H3. The first-order valence-electron chi connectivity index (χ1n) is 19.4. The van der Waals surface area contributed by atoms with Crippen molar-refractivity contribution in [3.05, 3.63) is 0 Å². The van der Waals surface area contributed by atoms with Gasteiger partial charge in [0.25, 0.3) is 0 Å². The monoisotopic (exact) mass is 803 g/mol. The van der Waals surface area contributed by atoms with E-state index in [1.54, 1.807) is 14.0 Å². The summed E-state index contributed by atoms with van der Waals surface area (Å²) in [6.45, 7) is 20.2. The Morgan fingerprint density at radius 2 is 0.636 bits per heavy atom. The Morgan fingerprint density at radius 3 is 0.873 bits per heavy atom. The summed E-state index contributed by atoms with van der Waals surface area (Å²) in [6.07, 6.45) is -0.118. The van der Waals surface area contributed by atoms with Crippen LogP contribution < -0.4 is 0 Å². The number of carbonyl (C=O) groups is 2. The van der Waals surface area contributed by atoms with Gasteiger partial charge in [0.05, 0.1) is 185 Å². The molecule has 0 fully saturated rings. The van der Waals surface area contributed by atoms with Crippen molar-refractivity contribution in [1.29, 1.82) is 0 Å². The molecule has 328 valence electrons. The van der Waals surface area contributed by atoms with Crippen LogP contribution in [-0.4, -0.2) is 215 Å². The number of rotatable bonds is 43. The summed E-state index contributed by atoms with van der Waals surface area (Å²) in [5.41, 5.74) is -0.515. The number of esters is 1. The van der Waals surface area contributed by atoms with Gasteiger partial charge in [0, 0.05) is 13.6 Å². The quantitative estimate of drug-likeness (QED) is 0.0646. The zero-order valence-electron chi connectivity index (χ0n) is 34.4. The molecular formula is C37H73NO17. The van der Waals surface area contributed by atoms with Crippen LogP contribution in [0.15, 0.2) is 0 Å². The van der Waals surface area contributed by atoms with Crippen molar-refractivity contribution in [3.63, 3.8) is 0 Å². The van der Waals surface area contributed by atoms with Gasteiger partial charge in [0.1, 0.15) is 5.60 Å². The van der Waals surface area contributed by atoms with Crippen molar-refractivity contribution in [2.45, 2.75) is 39.7 Å². The Morgan fingerprint density at radius 1 is 0.400 bits per heavy atom. The summed E-state index contributed by atoms with van der Waals surface area (Å²) >= 11 is 0. The molecule has 0 saturated heterocycles. The predicted octanol–water partition coefficient (Wildman–Crippen LogP) is 2.02. The van der Waals surface area contributed by atoms with Gasteiger partial charge in [-0.2, -0.15) is 0 Å². The zero-order chi connectivity index (χ0) is 40.3. The van der Waals surface area contributed by atoms with Gasteiger partial charge in [-0.15, -0.1) is 0 Å². The highest BCUT2D eigenvalue weighted by molar-refractivity contribution is 5.69. The molecule has 0 aliphatic heterocycles. The maximum atomic E-state index is 11.9. The van der Waals surface area contributed by atoms with Crippen LogP contribution in [0.3, 0.4) is 0 Å². The fourth-order valence-electron chi connectivity index (χ4n) is 3.76. The number of ether oxygens (including phenoxy) is 15. The highest BCUT2D eigenvalue weighted by atomic mass is 16.6. The summed E-state index contributed by atoms with van der Waals surface area (Å²) in [7, 11) is 1.68. The van der Waals surface area contributed by atoms with Crippen LogP contribution in [0.1, 0.15) is 34.1 Å². The third-order valence-electron chi connectivity index (χ3n) is 6.50. The molecule has 0 atom stereocenters. The van der Waals surface area contributed by atoms with Crippen LogP contribution in [0, 0.1) is 0 Å². The van der Waals surface area contributed by atoms with Gasteiger partial charge in [0.2, 0.25) is 0 Å². The molecule has 0 aliphatic carbocycles. The lowest BCUT2D eigenvalue weighted by atomic mass is 10.2. The SMILES string of the molecule is CCOC(=O)CCOCCOCCOCCOCCOCCOCCOCCOCCOCCOCCOCCOCCOCCN(C)C(=O)OC(C)(C)C. The minimum Gasteiger partial charge on any atom is -0.466 e. The molecule has 0 radical (unpaired) electrons. The van der Waals surface area contributed by atoms with Crippen LogP contribution in [0.5, 0.6) is 0 Å². The largest absolute Gasteiger partial charge is 0.466 e. The van der Waals surface area contributed by atoms with Crippen molar-refractivity contribution in [3.8, 4) is 0 Å². The molecule has 55 heavy (non-hydrogen) atoms. The molecule has 0 aromatic carbocycles. The number of likely N-dealkylation sites (N-methyl/N-ethyl adjacent to an activating group) is 1. The van der Waals surface area contributed by atoms with E-state index in [0.29, 0.717) is 185 Å². The topological polar surface area (TPSA) is 176 Å². The summed E-state index contributed by atoms with van der Waals surface area (Å²) in [6, 6.07) is 0. The van der Waals surface area contributed by atoms with Crippen LogP contribution in [0.25, 0.3) is 0 Å². The molecule has 0 unspecified atom stereocenters. The highest BCUT2D eigenvalue weighted by Gasteiger charge is 2.19. The van der Waals surface area contributed by atoms with Gasteiger partial charge in [-0.05, 0) is 27.7 Å². The van der Waals surface area contributed by atoms with E-state index in [2.05, 4.69) is 0 Å². The van der Waals surface area contributed by atoms with Crippen LogP contribution in [0.4, 0.5) is 4.79 Å². The Hall–Kier alpha value is -1.78. The van der Waals surface area contributed by atoms with Gasteiger partial charge in [-0.25, -0.2) is 4.79 Å². The molecule has 0 bridgehead atoms. The molecule has 0 spiro atoms. The maximum absolute atomic E-state index is 11.9. The van der Waals surface area contributed by atoms with Crippen molar-refractivity contribution < 1.29 is 80.6 Å². The van der Waals surface area contributed by atoms with Gasteiger partial charge < -0.3 is 76.0 Å². The number of carbonyl (C=O) groups excluding carboxylic acids is 2. The molecule has 0 N–H and O–H groups in total. The Labute approximate surface area is 329 Å². The number of amides is 1. The molecule has 0 aliphatic rings. The van der Waals surface area contributed by atoms with Crippen molar-refractivity contribution >= 4 is 12.1 Å². The normalized spacial score (nSPS) is 11.7. The van der Waals surface area contributed by atoms with Crippen molar-refractivity contribution in [1.82, 2.24) is 4.90 Å². The molecule has 0 aromatic rings. The molecule has 0 saturated carbocycles. The summed E-state index contributed by atoms with van der Waals surface area (Å²) in [4.78, 5) is 24.5. The third-order valence-corrected chi connectivity index (χ3v) is 6.50. The molecule has 0 rings (SSSR count). The minimum absolute atomic E-state index is 0.251. The van der Waals surface area contributed by atoms with Crippen LogP contribution in [-0.2, 0) is 75.8 Å². The minimum atomic E-state index is -0.515. The summed E-state index contributed by atoms with van der Waals surface area (Å²) < 4.78 is 81.0. The first-order chi connectivity index (χ1) is 26.8. The van der Waals surface area contributed by atoms with Crippen LogP contribution >= 0.6 is 0 Å². The summed E-state index contributed by atoms with van der Waals surface area (Å²) in [5, 5.41) is 0. The third kappa shape index (κ3) is 44.8. The predicted molar refractivity (Wildman–Crippen MR) is 201 cm³/mol. The van der Waals surface area contributed by atoms with Crippen molar-refractivity contribution in [2.24, 2.45) is 0 Å². The zero-order valence-corrected chi connectivity index (χ0v) is 34.4. The first-order valence-corrected chi connectivity index (χ1v) is 19.4. The van der Waals surface area contributed by atoms with E-state index in [1.807, 2.05) is 20.8 Å². The Balaban J connectivity index is 3.14. The molecule has 1 amide bonds. The lowest BCUT2D eigenvalue weighted by molar-refractivity contribution is -0.144. The fraction of sp³-hybridized carbons (Fsp3) is 0.946. The molecule has 18 heteroatoms. The number of hydrogen-bond acceptors (Lipinski definition) is 17. The van der Waals surface area contributed by atoms with Gasteiger partial charge in [-0.3, -0.25) is 4.79 Å². The average molecular weight is 804 g/mol. The average Bonchev–Trinajstić information content (AvgIpc) is 3.14. The second-order valence-corrected chi connectivity index (χ2v) is 12.4. The van der Waals surface area contributed by atoms with Gasteiger partial charge >= 0.3 is 12.1 Å². The summed E-state index contributed by atoms with van der Waals surface area (Å²) in [5.74, 6) is -0.255. The van der Waals surface area contributed by atoms with E-state index >= 15 is 0 Å². The number of nitrogens with zero attached hydrogens (tertiary/aromatic N) is 1. The number of hydrogen-bond donors (Lipinski definition) is 0. The van der Waals surface area contributed by atoms with E-state index in [0.717, 1.165) is 0 Å². The van der Waals surface area contributed by atoms with Crippen molar-refractivity contribution in [2.75, 3.05) is 192 Å². The van der Waals surface area contributed by atoms with Crippen LogP contribution in [0.2, 0.25) is 0 Å². The van der Waals surface area contributed by atoms with E-state index in [-0.39, 0.29) is 18.5 Å². The van der Waals surface area contributed by atoms with E-state index < -0.39 is 5.60 Å². The second kappa shape index (κ2) is 41.8. The second-order valence-electron chi connectivity index (χ2n) is 12.4. The molecular weight excluding hydrogens is 730 g/mol. The first kappa shape index (κ1) is 53.2. The Kier molecular flexibility index (Phi) is 40.5. The van der Waals surface area contributed by atoms with E-state index in [4.69, 9.17) is 71.1 Å². The van der Waals surface area contributed by atoms with E-state index in [9.17, 15) is 9.59 Å². The van der Waals surface area contributed by atoms with Gasteiger partial charge in [0.15, 0.2) is 0 Å². The molecule has 18 nitrogen and oxygen atoms in total. The molecule has 0 aromatic heterocycles. The van der Waals surface area contributed by atoms with Gasteiger partial charge in [-0.1, -0.05) is 0 Å².